The van der Waals surface area contributed by atoms with Gasteiger partial charge in [0.05, 0.1) is 25.4 Å². The predicted molar refractivity (Wildman–Crippen MR) is 96.9 cm³/mol. The highest BCUT2D eigenvalue weighted by Crippen LogP contribution is 2.29. The molecule has 27 heavy (non-hydrogen) atoms. The van der Waals surface area contributed by atoms with Crippen LogP contribution in [0.5, 0.6) is 0 Å². The Morgan fingerprint density at radius 3 is 2.81 bits per heavy atom. The lowest BCUT2D eigenvalue weighted by molar-refractivity contribution is -0.138. The standard InChI is InChI=1S/C10H12N4O3.C6H14N2O2/c15-3-6-1-2-7(17-6)14-5-13-8-9(14)11-4-12-10(8)16;7-4-2-1-3-5(8)6(9)10/h4-7,15H,1-3H2,(H,11,12,16);5H,1-4,7-8H2,(H,9,10)/t6-,7+;/m0./s1. The molecule has 3 rings (SSSR count). The first-order valence-electron chi connectivity index (χ1n) is 8.83. The third kappa shape index (κ3) is 5.57. The number of aliphatic carboxylic acids is 1. The van der Waals surface area contributed by atoms with Gasteiger partial charge in [0.1, 0.15) is 12.3 Å². The second-order valence-corrected chi connectivity index (χ2v) is 6.26. The Hall–Kier alpha value is -2.34. The summed E-state index contributed by atoms with van der Waals surface area (Å²) in [5.41, 5.74) is 11.0. The molecule has 1 aliphatic heterocycles. The first-order chi connectivity index (χ1) is 13.0. The fourth-order valence-electron chi connectivity index (χ4n) is 2.73. The van der Waals surface area contributed by atoms with Gasteiger partial charge in [-0.2, -0.15) is 0 Å². The number of imidazole rings is 1. The lowest BCUT2D eigenvalue weighted by Gasteiger charge is -2.13. The van der Waals surface area contributed by atoms with E-state index in [4.69, 9.17) is 26.4 Å². The van der Waals surface area contributed by atoms with Crippen LogP contribution in [0.25, 0.3) is 11.2 Å². The summed E-state index contributed by atoms with van der Waals surface area (Å²) in [4.78, 5) is 32.2. The number of hydrogen-bond donors (Lipinski definition) is 5. The molecule has 0 aliphatic carbocycles. The molecule has 1 saturated heterocycles. The van der Waals surface area contributed by atoms with Crippen molar-refractivity contribution in [1.29, 1.82) is 0 Å². The summed E-state index contributed by atoms with van der Waals surface area (Å²) in [6, 6.07) is -0.716. The number of aromatic nitrogens is 4. The summed E-state index contributed by atoms with van der Waals surface area (Å²) in [5.74, 6) is -0.933. The Labute approximate surface area is 155 Å². The highest BCUT2D eigenvalue weighted by atomic mass is 16.5. The van der Waals surface area contributed by atoms with Gasteiger partial charge in [0, 0.05) is 0 Å². The third-order valence-electron chi connectivity index (χ3n) is 4.25. The minimum atomic E-state index is -0.933. The number of fused-ring (bicyclic) bond motifs is 1. The number of nitrogens with two attached hydrogens (primary N) is 2. The fourth-order valence-corrected chi connectivity index (χ4v) is 2.73. The SMILES string of the molecule is NCCCCC(N)C(=O)O.O=c1[nH]cnc2c1ncn2[C@H]1CC[C@@H](CO)O1. The number of unbranched alkanes of at least 4 members (excludes halogenated alkanes) is 1. The van der Waals surface area contributed by atoms with Gasteiger partial charge in [0.2, 0.25) is 0 Å². The van der Waals surface area contributed by atoms with E-state index in [1.165, 1.54) is 6.33 Å². The van der Waals surface area contributed by atoms with E-state index < -0.39 is 12.0 Å². The van der Waals surface area contributed by atoms with E-state index >= 15 is 0 Å². The van der Waals surface area contributed by atoms with E-state index in [1.54, 1.807) is 10.9 Å². The first-order valence-corrected chi connectivity index (χ1v) is 8.83. The van der Waals surface area contributed by atoms with Crippen LogP contribution in [0.4, 0.5) is 0 Å². The second-order valence-electron chi connectivity index (χ2n) is 6.26. The molecule has 3 heterocycles. The zero-order valence-electron chi connectivity index (χ0n) is 15.0. The maximum atomic E-state index is 11.5. The van der Waals surface area contributed by atoms with Crippen LogP contribution in [0.1, 0.15) is 38.3 Å². The maximum absolute atomic E-state index is 11.5. The number of H-pyrrole nitrogens is 1. The first kappa shape index (κ1) is 21.0. The van der Waals surface area contributed by atoms with Gasteiger partial charge in [0.15, 0.2) is 11.2 Å². The topological polar surface area (TPSA) is 182 Å². The number of carboxylic acid groups (broad SMARTS) is 1. The number of rotatable bonds is 7. The Kier molecular flexibility index (Phi) is 7.85. The van der Waals surface area contributed by atoms with Crippen LogP contribution < -0.4 is 17.0 Å². The second kappa shape index (κ2) is 10.1. The van der Waals surface area contributed by atoms with Gasteiger partial charge >= 0.3 is 5.97 Å². The van der Waals surface area contributed by atoms with Gasteiger partial charge in [-0.15, -0.1) is 0 Å². The smallest absolute Gasteiger partial charge is 0.320 e. The van der Waals surface area contributed by atoms with Gasteiger partial charge in [-0.1, -0.05) is 6.42 Å². The molecule has 1 aliphatic rings. The Morgan fingerprint density at radius 2 is 2.19 bits per heavy atom. The molecular formula is C16H26N6O5. The number of carbonyl (C=O) groups is 1. The van der Waals surface area contributed by atoms with E-state index in [0.29, 0.717) is 24.1 Å². The van der Waals surface area contributed by atoms with Crippen LogP contribution in [0.2, 0.25) is 0 Å². The molecule has 11 heteroatoms. The molecule has 2 aromatic heterocycles. The molecule has 7 N–H and O–H groups in total. The largest absolute Gasteiger partial charge is 0.480 e. The Balaban J connectivity index is 0.000000227. The quantitative estimate of drug-likeness (QED) is 0.387. The van der Waals surface area contributed by atoms with Crippen molar-refractivity contribution < 1.29 is 19.7 Å². The molecule has 1 fully saturated rings. The maximum Gasteiger partial charge on any atom is 0.320 e. The highest BCUT2D eigenvalue weighted by molar-refractivity contribution is 5.72. The zero-order chi connectivity index (χ0) is 19.8. The number of nitrogens with one attached hydrogen (secondary N) is 1. The molecule has 3 atom stereocenters. The highest BCUT2D eigenvalue weighted by Gasteiger charge is 2.27. The molecule has 2 aromatic rings. The minimum absolute atomic E-state index is 0.0111. The van der Waals surface area contributed by atoms with E-state index in [2.05, 4.69) is 15.0 Å². The van der Waals surface area contributed by atoms with Gasteiger partial charge in [-0.05, 0) is 32.2 Å². The fraction of sp³-hybridized carbons (Fsp3) is 0.625. The number of aliphatic hydroxyl groups excluding tert-OH is 1. The van der Waals surface area contributed by atoms with Crippen LogP contribution in [0.15, 0.2) is 17.4 Å². The number of ether oxygens (including phenoxy) is 1. The molecule has 0 spiro atoms. The van der Waals surface area contributed by atoms with Crippen molar-refractivity contribution in [3.8, 4) is 0 Å². The lowest BCUT2D eigenvalue weighted by atomic mass is 10.1. The minimum Gasteiger partial charge on any atom is -0.480 e. The molecule has 150 valence electrons. The van der Waals surface area contributed by atoms with Crippen LogP contribution in [-0.2, 0) is 9.53 Å². The summed E-state index contributed by atoms with van der Waals surface area (Å²) in [6.07, 6.45) is 6.30. The van der Waals surface area contributed by atoms with Gasteiger partial charge in [-0.25, -0.2) is 9.97 Å². The molecule has 0 amide bonds. The summed E-state index contributed by atoms with van der Waals surface area (Å²) in [7, 11) is 0. The van der Waals surface area contributed by atoms with Crippen molar-refractivity contribution >= 4 is 17.1 Å². The normalized spacial score (nSPS) is 20.3. The van der Waals surface area contributed by atoms with Crippen LogP contribution in [0, 0.1) is 0 Å². The third-order valence-corrected chi connectivity index (χ3v) is 4.25. The summed E-state index contributed by atoms with van der Waals surface area (Å²) >= 11 is 0. The van der Waals surface area contributed by atoms with Crippen LogP contribution >= 0.6 is 0 Å². The zero-order valence-corrected chi connectivity index (χ0v) is 15.0. The van der Waals surface area contributed by atoms with Gasteiger partial charge < -0.3 is 31.4 Å². The average Bonchev–Trinajstić information content (AvgIpc) is 3.29. The Bertz CT molecular complexity index is 791. The molecule has 11 nitrogen and oxygen atoms in total. The molecule has 1 unspecified atom stereocenters. The van der Waals surface area contributed by atoms with Crippen LogP contribution in [-0.4, -0.2) is 61.0 Å². The molecule has 0 saturated carbocycles. The number of nitrogens with zero attached hydrogens (tertiary/aromatic N) is 3. The number of aromatic amines is 1. The van der Waals surface area contributed by atoms with Gasteiger partial charge in [-0.3, -0.25) is 14.2 Å². The number of aliphatic hydroxyl groups is 1. The van der Waals surface area contributed by atoms with Crippen molar-refractivity contribution in [1.82, 2.24) is 19.5 Å². The monoisotopic (exact) mass is 382 g/mol. The molecule has 0 aromatic carbocycles. The average molecular weight is 382 g/mol. The van der Waals surface area contributed by atoms with E-state index in [1.807, 2.05) is 0 Å². The van der Waals surface area contributed by atoms with Crippen molar-refractivity contribution in [2.24, 2.45) is 11.5 Å². The molecule has 0 bridgehead atoms. The van der Waals surface area contributed by atoms with E-state index in [0.717, 1.165) is 25.7 Å². The summed E-state index contributed by atoms with van der Waals surface area (Å²) in [5, 5.41) is 17.3. The Morgan fingerprint density at radius 1 is 1.41 bits per heavy atom. The summed E-state index contributed by atoms with van der Waals surface area (Å²) in [6.45, 7) is 0.615. The predicted octanol–water partition coefficient (Wildman–Crippen LogP) is -0.683. The van der Waals surface area contributed by atoms with Crippen molar-refractivity contribution in [3.63, 3.8) is 0 Å². The number of hydrogen-bond acceptors (Lipinski definition) is 8. The van der Waals surface area contributed by atoms with Crippen molar-refractivity contribution in [3.05, 3.63) is 23.0 Å². The van der Waals surface area contributed by atoms with Crippen molar-refractivity contribution in [2.75, 3.05) is 13.2 Å². The van der Waals surface area contributed by atoms with E-state index in [9.17, 15) is 9.59 Å². The molecular weight excluding hydrogens is 356 g/mol. The lowest BCUT2D eigenvalue weighted by Crippen LogP contribution is -2.29. The number of carboxylic acids is 1. The summed E-state index contributed by atoms with van der Waals surface area (Å²) < 4.78 is 7.36. The van der Waals surface area contributed by atoms with Crippen LogP contribution in [0.3, 0.4) is 0 Å². The van der Waals surface area contributed by atoms with E-state index in [-0.39, 0.29) is 24.5 Å². The van der Waals surface area contributed by atoms with Crippen molar-refractivity contribution in [2.45, 2.75) is 50.5 Å². The van der Waals surface area contributed by atoms with Gasteiger partial charge in [0.25, 0.3) is 5.56 Å². The molecule has 0 radical (unpaired) electrons.